The van der Waals surface area contributed by atoms with Crippen molar-refractivity contribution in [2.24, 2.45) is 11.3 Å². The van der Waals surface area contributed by atoms with E-state index >= 15 is 0 Å². The summed E-state index contributed by atoms with van der Waals surface area (Å²) in [6.07, 6.45) is 3.41. The summed E-state index contributed by atoms with van der Waals surface area (Å²) >= 11 is 0. The summed E-state index contributed by atoms with van der Waals surface area (Å²) in [7, 11) is 1.22. The van der Waals surface area contributed by atoms with Crippen molar-refractivity contribution in [3.05, 3.63) is 53.7 Å². The van der Waals surface area contributed by atoms with E-state index in [0.29, 0.717) is 18.4 Å². The van der Waals surface area contributed by atoms with E-state index in [2.05, 4.69) is 29.2 Å². The number of methoxy groups -OCH3 is 1. The summed E-state index contributed by atoms with van der Waals surface area (Å²) in [6.45, 7) is 3.58. The Bertz CT molecular complexity index is 988. The molecule has 2 bridgehead atoms. The van der Waals surface area contributed by atoms with Crippen molar-refractivity contribution in [3.63, 3.8) is 0 Å². The number of amides is 1. The van der Waals surface area contributed by atoms with Crippen molar-refractivity contribution in [1.29, 1.82) is 10.5 Å². The minimum absolute atomic E-state index is 0.0236. The molecule has 0 saturated carbocycles. The molecule has 3 atom stereocenters. The van der Waals surface area contributed by atoms with Crippen LogP contribution in [0, 0.1) is 34.0 Å². The SMILES string of the molecule is C=C=CC1C(C(C#N)(C#N)Cc2ccc(C(=O)OC)o2)=CC2CCC1N2C(=O)O. The maximum atomic E-state index is 11.7. The van der Waals surface area contributed by atoms with Crippen LogP contribution in [0.1, 0.15) is 29.2 Å². The number of nitrogens with zero attached hydrogens (tertiary/aromatic N) is 3. The van der Waals surface area contributed by atoms with Gasteiger partial charge in [0.15, 0.2) is 5.41 Å². The molecular formula is C21H19N3O5. The van der Waals surface area contributed by atoms with Crippen molar-refractivity contribution < 1.29 is 23.8 Å². The maximum Gasteiger partial charge on any atom is 0.408 e. The number of hydrogen-bond acceptors (Lipinski definition) is 6. The molecule has 3 unspecified atom stereocenters. The molecule has 0 aromatic carbocycles. The zero-order chi connectivity index (χ0) is 21.2. The van der Waals surface area contributed by atoms with Crippen molar-refractivity contribution >= 4 is 12.1 Å². The average molecular weight is 393 g/mol. The molecule has 1 saturated heterocycles. The Balaban J connectivity index is 2.04. The molecule has 1 N–H and O–H groups in total. The van der Waals surface area contributed by atoms with Crippen LogP contribution in [-0.4, -0.2) is 41.3 Å². The molecule has 0 spiro atoms. The van der Waals surface area contributed by atoms with E-state index in [4.69, 9.17) is 4.42 Å². The molecule has 1 fully saturated rings. The van der Waals surface area contributed by atoms with Gasteiger partial charge in [-0.05, 0) is 36.6 Å². The molecule has 2 aliphatic rings. The van der Waals surface area contributed by atoms with Crippen LogP contribution >= 0.6 is 0 Å². The fourth-order valence-corrected chi connectivity index (χ4v) is 4.23. The lowest BCUT2D eigenvalue weighted by molar-refractivity contribution is 0.0562. The zero-order valence-electron chi connectivity index (χ0n) is 15.8. The van der Waals surface area contributed by atoms with Crippen LogP contribution in [0.25, 0.3) is 0 Å². The molecule has 3 heterocycles. The van der Waals surface area contributed by atoms with Crippen molar-refractivity contribution in [1.82, 2.24) is 4.90 Å². The standard InChI is InChI=1S/C21H19N3O5/c1-3-4-15-16(9-13-5-7-17(15)24(13)20(26)27)21(11-22,12-23)10-14-6-8-18(29-14)19(25)28-2/h4,6,8-9,13,15,17H,1,5,7,10H2,2H3,(H,26,27). The Morgan fingerprint density at radius 3 is 2.72 bits per heavy atom. The molecule has 29 heavy (non-hydrogen) atoms. The van der Waals surface area contributed by atoms with E-state index in [9.17, 15) is 25.2 Å². The second-order valence-electron chi connectivity index (χ2n) is 6.98. The molecule has 1 aromatic rings. The minimum Gasteiger partial charge on any atom is -0.465 e. The van der Waals surface area contributed by atoms with E-state index in [1.807, 2.05) is 0 Å². The van der Waals surface area contributed by atoms with Gasteiger partial charge in [0.25, 0.3) is 0 Å². The van der Waals surface area contributed by atoms with Crippen LogP contribution in [-0.2, 0) is 11.2 Å². The van der Waals surface area contributed by atoms with Crippen LogP contribution in [0.3, 0.4) is 0 Å². The highest BCUT2D eigenvalue weighted by atomic mass is 16.5. The minimum atomic E-state index is -1.59. The van der Waals surface area contributed by atoms with Gasteiger partial charge in [0.05, 0.1) is 25.3 Å². The van der Waals surface area contributed by atoms with Crippen molar-refractivity contribution in [2.45, 2.75) is 31.3 Å². The highest BCUT2D eigenvalue weighted by Crippen LogP contribution is 2.47. The zero-order valence-corrected chi connectivity index (χ0v) is 15.8. The largest absolute Gasteiger partial charge is 0.465 e. The Hall–Kier alpha value is -3.74. The first-order valence-electron chi connectivity index (χ1n) is 8.99. The van der Waals surface area contributed by atoms with Crippen molar-refractivity contribution in [3.8, 4) is 12.1 Å². The van der Waals surface area contributed by atoms with Crippen LogP contribution in [0.2, 0.25) is 0 Å². The molecular weight excluding hydrogens is 374 g/mol. The molecule has 0 aliphatic carbocycles. The number of ether oxygens (including phenoxy) is 1. The van der Waals surface area contributed by atoms with Gasteiger partial charge in [0.2, 0.25) is 5.76 Å². The van der Waals surface area contributed by atoms with E-state index in [0.717, 1.165) is 0 Å². The number of hydrogen-bond donors (Lipinski definition) is 1. The van der Waals surface area contributed by atoms with Gasteiger partial charge in [-0.15, -0.1) is 5.73 Å². The summed E-state index contributed by atoms with van der Waals surface area (Å²) in [6, 6.07) is 6.35. The summed E-state index contributed by atoms with van der Waals surface area (Å²) in [5.41, 5.74) is 1.61. The van der Waals surface area contributed by atoms with Gasteiger partial charge in [0.1, 0.15) is 5.76 Å². The van der Waals surface area contributed by atoms with Gasteiger partial charge in [-0.1, -0.05) is 12.7 Å². The average Bonchev–Trinajstić information content (AvgIpc) is 3.31. The predicted octanol–water partition coefficient (Wildman–Crippen LogP) is 3.05. The lowest BCUT2D eigenvalue weighted by Crippen LogP contribution is -2.48. The maximum absolute atomic E-state index is 11.7. The van der Waals surface area contributed by atoms with Gasteiger partial charge in [0, 0.05) is 18.4 Å². The number of carbonyl (C=O) groups excluding carboxylic acids is 1. The Morgan fingerprint density at radius 1 is 1.41 bits per heavy atom. The second kappa shape index (κ2) is 7.71. The molecule has 8 nitrogen and oxygen atoms in total. The number of fused-ring (bicyclic) bond motifs is 2. The van der Waals surface area contributed by atoms with E-state index < -0.39 is 35.5 Å². The lowest BCUT2D eigenvalue weighted by Gasteiger charge is -2.39. The second-order valence-corrected chi connectivity index (χ2v) is 6.98. The summed E-state index contributed by atoms with van der Waals surface area (Å²) in [4.78, 5) is 24.7. The summed E-state index contributed by atoms with van der Waals surface area (Å²) < 4.78 is 10.1. The number of rotatable bonds is 5. The quantitative estimate of drug-likeness (QED) is 0.462. The van der Waals surface area contributed by atoms with Gasteiger partial charge in [-0.2, -0.15) is 10.5 Å². The normalized spacial score (nSPS) is 22.7. The third-order valence-corrected chi connectivity index (χ3v) is 5.50. The fraction of sp³-hybridized carbons (Fsp3) is 0.381. The van der Waals surface area contributed by atoms with E-state index in [-0.39, 0.29) is 17.9 Å². The fourth-order valence-electron chi connectivity index (χ4n) is 4.23. The third-order valence-electron chi connectivity index (χ3n) is 5.50. The molecule has 1 aromatic heterocycles. The molecule has 2 aliphatic heterocycles. The first-order chi connectivity index (χ1) is 13.9. The number of carbonyl (C=O) groups is 2. The van der Waals surface area contributed by atoms with Gasteiger partial charge in [-0.25, -0.2) is 9.59 Å². The number of esters is 1. The van der Waals surface area contributed by atoms with E-state index in [1.54, 1.807) is 12.2 Å². The third kappa shape index (κ3) is 3.31. The highest BCUT2D eigenvalue weighted by molar-refractivity contribution is 5.86. The highest BCUT2D eigenvalue weighted by Gasteiger charge is 2.51. The summed E-state index contributed by atoms with van der Waals surface area (Å²) in [5, 5.41) is 29.5. The van der Waals surface area contributed by atoms with Gasteiger partial charge < -0.3 is 14.3 Å². The molecule has 148 valence electrons. The smallest absolute Gasteiger partial charge is 0.408 e. The molecule has 1 amide bonds. The topological polar surface area (TPSA) is 128 Å². The predicted molar refractivity (Wildman–Crippen MR) is 99.4 cm³/mol. The van der Waals surface area contributed by atoms with Gasteiger partial charge >= 0.3 is 12.1 Å². The Labute approximate surface area is 167 Å². The number of furan rings is 1. The Kier molecular flexibility index (Phi) is 5.32. The van der Waals surface area contributed by atoms with Crippen LogP contribution in [0.15, 0.2) is 46.6 Å². The molecule has 0 radical (unpaired) electrons. The Morgan fingerprint density at radius 2 is 2.14 bits per heavy atom. The van der Waals surface area contributed by atoms with Crippen LogP contribution in [0.4, 0.5) is 4.79 Å². The van der Waals surface area contributed by atoms with Crippen LogP contribution < -0.4 is 0 Å². The van der Waals surface area contributed by atoms with Crippen LogP contribution in [0.5, 0.6) is 0 Å². The monoisotopic (exact) mass is 393 g/mol. The van der Waals surface area contributed by atoms with E-state index in [1.165, 1.54) is 24.1 Å². The summed E-state index contributed by atoms with van der Waals surface area (Å²) in [5.74, 6) is -0.903. The first kappa shape index (κ1) is 20.0. The number of nitriles is 2. The number of carboxylic acid groups (broad SMARTS) is 1. The van der Waals surface area contributed by atoms with Crippen molar-refractivity contribution in [2.75, 3.05) is 7.11 Å². The van der Waals surface area contributed by atoms with Gasteiger partial charge in [-0.3, -0.25) is 4.90 Å². The first-order valence-corrected chi connectivity index (χ1v) is 8.99. The molecule has 8 heteroatoms. The molecule has 3 rings (SSSR count). The lowest BCUT2D eigenvalue weighted by atomic mass is 9.70.